The normalized spacial score (nSPS) is 21.6. The lowest BCUT2D eigenvalue weighted by Crippen LogP contribution is -2.55. The molecule has 1 aliphatic carbocycles. The topological polar surface area (TPSA) is 113 Å². The van der Waals surface area contributed by atoms with Gasteiger partial charge in [0.15, 0.2) is 5.65 Å². The zero-order valence-electron chi connectivity index (χ0n) is 21.0. The highest BCUT2D eigenvalue weighted by Crippen LogP contribution is 2.43. The third-order valence-corrected chi connectivity index (χ3v) is 7.00. The molecule has 2 aliphatic rings. The fourth-order valence-electron chi connectivity index (χ4n) is 5.42. The lowest BCUT2D eigenvalue weighted by molar-refractivity contribution is -0.128. The van der Waals surface area contributed by atoms with Crippen molar-refractivity contribution in [2.24, 2.45) is 5.92 Å². The van der Waals surface area contributed by atoms with Gasteiger partial charge in [0.05, 0.1) is 12.3 Å². The number of amides is 2. The largest absolute Gasteiger partial charge is 0.444 e. The van der Waals surface area contributed by atoms with Crippen LogP contribution in [0.15, 0.2) is 42.9 Å². The molecule has 1 aromatic carbocycles. The number of aromatic nitrogens is 3. The van der Waals surface area contributed by atoms with E-state index >= 15 is 4.39 Å². The van der Waals surface area contributed by atoms with Gasteiger partial charge in [-0.1, -0.05) is 12.1 Å². The van der Waals surface area contributed by atoms with Gasteiger partial charge in [-0.25, -0.2) is 18.7 Å². The molecule has 0 unspecified atom stereocenters. The number of hydrogen-bond donors (Lipinski definition) is 1. The molecule has 10 heteroatoms. The molecule has 4 atom stereocenters. The molecule has 192 valence electrons. The van der Waals surface area contributed by atoms with Crippen LogP contribution in [0.4, 0.5) is 9.18 Å². The van der Waals surface area contributed by atoms with Crippen molar-refractivity contribution < 1.29 is 18.7 Å². The lowest BCUT2D eigenvalue weighted by Gasteiger charge is -2.35. The summed E-state index contributed by atoms with van der Waals surface area (Å²) in [6.45, 7) is 5.35. The van der Waals surface area contributed by atoms with Crippen LogP contribution in [-0.2, 0) is 16.0 Å². The fraction of sp³-hybridized carbons (Fsp3) is 0.444. The van der Waals surface area contributed by atoms with Crippen LogP contribution < -0.4 is 5.32 Å². The number of carbonyl (C=O) groups excluding carboxylic acids is 2. The average Bonchev–Trinajstić information content (AvgIpc) is 3.58. The summed E-state index contributed by atoms with van der Waals surface area (Å²) in [6, 6.07) is 6.88. The maximum absolute atomic E-state index is 15.1. The second-order valence-electron chi connectivity index (χ2n) is 10.7. The molecule has 3 heterocycles. The Kier molecular flexibility index (Phi) is 6.31. The number of nitriles is 1. The molecule has 1 N–H and O–H groups in total. The number of rotatable bonds is 5. The Morgan fingerprint density at radius 3 is 2.86 bits per heavy atom. The highest BCUT2D eigenvalue weighted by atomic mass is 19.1. The first-order chi connectivity index (χ1) is 17.6. The van der Waals surface area contributed by atoms with Crippen molar-refractivity contribution in [3.05, 3.63) is 54.2 Å². The predicted molar refractivity (Wildman–Crippen MR) is 133 cm³/mol. The van der Waals surface area contributed by atoms with E-state index in [2.05, 4.69) is 21.5 Å². The molecule has 0 radical (unpaired) electrons. The van der Waals surface area contributed by atoms with E-state index in [0.29, 0.717) is 22.3 Å². The van der Waals surface area contributed by atoms with Crippen LogP contribution in [0.2, 0.25) is 0 Å². The Morgan fingerprint density at radius 2 is 2.14 bits per heavy atom. The van der Waals surface area contributed by atoms with E-state index in [4.69, 9.17) is 4.74 Å². The summed E-state index contributed by atoms with van der Waals surface area (Å²) in [5.41, 5.74) is 1.53. The zero-order chi connectivity index (χ0) is 26.3. The first kappa shape index (κ1) is 24.7. The molecule has 2 bridgehead atoms. The minimum absolute atomic E-state index is 0.00534. The lowest BCUT2D eigenvalue weighted by atomic mass is 9.97. The maximum Gasteiger partial charge on any atom is 0.411 e. The average molecular weight is 505 g/mol. The SMILES string of the molecule is CC(C)(C)OC(=O)N1[C@@H]2CC[C@@H](C2)[C@H]1C(=O)N[C@H](C#N)Cc1ccc(-c2cnn3cccnc23)cc1F. The molecule has 5 rings (SSSR count). The van der Waals surface area contributed by atoms with E-state index in [-0.39, 0.29) is 18.4 Å². The molecule has 1 aliphatic heterocycles. The Balaban J connectivity index is 1.30. The third-order valence-electron chi connectivity index (χ3n) is 7.00. The van der Waals surface area contributed by atoms with Crippen LogP contribution in [0, 0.1) is 23.1 Å². The van der Waals surface area contributed by atoms with E-state index in [0.717, 1.165) is 19.3 Å². The van der Waals surface area contributed by atoms with Crippen molar-refractivity contribution in [2.45, 2.75) is 70.2 Å². The highest BCUT2D eigenvalue weighted by Gasteiger charge is 2.52. The zero-order valence-corrected chi connectivity index (χ0v) is 21.0. The van der Waals surface area contributed by atoms with Crippen LogP contribution in [0.1, 0.15) is 45.6 Å². The van der Waals surface area contributed by atoms with Crippen LogP contribution in [-0.4, -0.2) is 55.2 Å². The summed E-state index contributed by atoms with van der Waals surface area (Å²) in [6.07, 6.45) is 6.92. The third kappa shape index (κ3) is 4.86. The number of nitrogens with zero attached hydrogens (tertiary/aromatic N) is 5. The quantitative estimate of drug-likeness (QED) is 0.564. The summed E-state index contributed by atoms with van der Waals surface area (Å²) < 4.78 is 22.2. The van der Waals surface area contributed by atoms with Crippen molar-refractivity contribution in [1.82, 2.24) is 24.8 Å². The standard InChI is InChI=1S/C27H29FN6O3/c1-27(2,3)37-26(36)34-20-8-7-18(12-20)23(34)25(35)32-19(14-29)11-17-6-5-16(13-22(17)28)21-15-31-33-10-4-9-30-24(21)33/h4-6,9-10,13,15,18-20,23H,7-8,11-12H2,1-3H3,(H,32,35)/t18-,19-,20+,23-/m0/s1. The summed E-state index contributed by atoms with van der Waals surface area (Å²) in [7, 11) is 0. The van der Waals surface area contributed by atoms with Gasteiger partial charge >= 0.3 is 6.09 Å². The van der Waals surface area contributed by atoms with E-state index in [1.807, 2.05) is 0 Å². The molecule has 3 aromatic rings. The van der Waals surface area contributed by atoms with Crippen LogP contribution in [0.5, 0.6) is 0 Å². The Bertz CT molecular complexity index is 1390. The van der Waals surface area contributed by atoms with Gasteiger partial charge in [0.2, 0.25) is 5.91 Å². The summed E-state index contributed by atoms with van der Waals surface area (Å²) in [5.74, 6) is -0.871. The minimum atomic E-state index is -0.953. The second-order valence-corrected chi connectivity index (χ2v) is 10.7. The van der Waals surface area contributed by atoms with Crippen molar-refractivity contribution >= 4 is 17.6 Å². The summed E-state index contributed by atoms with van der Waals surface area (Å²) in [4.78, 5) is 32.0. The van der Waals surface area contributed by atoms with Crippen molar-refractivity contribution in [1.29, 1.82) is 5.26 Å². The van der Waals surface area contributed by atoms with Gasteiger partial charge in [0, 0.05) is 30.4 Å². The van der Waals surface area contributed by atoms with Crippen LogP contribution in [0.3, 0.4) is 0 Å². The van der Waals surface area contributed by atoms with Crippen LogP contribution >= 0.6 is 0 Å². The number of hydrogen-bond acceptors (Lipinski definition) is 6. The van der Waals surface area contributed by atoms with Gasteiger partial charge < -0.3 is 10.1 Å². The Labute approximate surface area is 214 Å². The number of benzene rings is 1. The van der Waals surface area contributed by atoms with Crippen molar-refractivity contribution in [3.8, 4) is 17.2 Å². The Hall–Kier alpha value is -4.00. The highest BCUT2D eigenvalue weighted by molar-refractivity contribution is 5.87. The van der Waals surface area contributed by atoms with Gasteiger partial charge in [-0.2, -0.15) is 10.4 Å². The van der Waals surface area contributed by atoms with Crippen molar-refractivity contribution in [2.75, 3.05) is 0 Å². The number of nitrogens with one attached hydrogen (secondary N) is 1. The van der Waals surface area contributed by atoms with Crippen LogP contribution in [0.25, 0.3) is 16.8 Å². The molecule has 0 spiro atoms. The first-order valence-electron chi connectivity index (χ1n) is 12.4. The smallest absolute Gasteiger partial charge is 0.411 e. The number of halogens is 1. The van der Waals surface area contributed by atoms with E-state index in [1.165, 1.54) is 11.0 Å². The molecule has 2 fully saturated rings. The van der Waals surface area contributed by atoms with E-state index < -0.39 is 35.5 Å². The molecular weight excluding hydrogens is 475 g/mol. The van der Waals surface area contributed by atoms with Gasteiger partial charge in [0.25, 0.3) is 0 Å². The summed E-state index contributed by atoms with van der Waals surface area (Å²) in [5, 5.41) is 16.7. The molecule has 2 aromatic heterocycles. The van der Waals surface area contributed by atoms with Gasteiger partial charge in [-0.15, -0.1) is 0 Å². The van der Waals surface area contributed by atoms with Gasteiger partial charge in [0.1, 0.15) is 23.5 Å². The fourth-order valence-corrected chi connectivity index (χ4v) is 5.42. The number of likely N-dealkylation sites (tertiary alicyclic amines) is 1. The molecule has 1 saturated heterocycles. The predicted octanol–water partition coefficient (Wildman–Crippen LogP) is 3.87. The monoisotopic (exact) mass is 504 g/mol. The minimum Gasteiger partial charge on any atom is -0.444 e. The second kappa shape index (κ2) is 9.47. The molecule has 1 saturated carbocycles. The van der Waals surface area contributed by atoms with Crippen molar-refractivity contribution in [3.63, 3.8) is 0 Å². The van der Waals surface area contributed by atoms with Gasteiger partial charge in [-0.3, -0.25) is 9.69 Å². The van der Waals surface area contributed by atoms with E-state index in [9.17, 15) is 14.9 Å². The van der Waals surface area contributed by atoms with Gasteiger partial charge in [-0.05, 0) is 69.2 Å². The molecular formula is C27H29FN6O3. The molecule has 37 heavy (non-hydrogen) atoms. The van der Waals surface area contributed by atoms with E-state index in [1.54, 1.807) is 62.1 Å². The number of fused-ring (bicyclic) bond motifs is 3. The Morgan fingerprint density at radius 1 is 1.32 bits per heavy atom. The first-order valence-corrected chi connectivity index (χ1v) is 12.4. The maximum atomic E-state index is 15.1. The number of ether oxygens (including phenoxy) is 1. The summed E-state index contributed by atoms with van der Waals surface area (Å²) >= 11 is 0. The number of carbonyl (C=O) groups is 2. The molecule has 9 nitrogen and oxygen atoms in total. The number of piperidine rings is 1. The molecule has 2 amide bonds.